The van der Waals surface area contributed by atoms with E-state index in [1.54, 1.807) is 0 Å². The van der Waals surface area contributed by atoms with Crippen molar-refractivity contribution in [2.24, 2.45) is 0 Å². The number of aromatic hydroxyl groups is 1. The van der Waals surface area contributed by atoms with Gasteiger partial charge in [0.15, 0.2) is 0 Å². The number of benzene rings is 1. The van der Waals surface area contributed by atoms with Crippen LogP contribution in [0.15, 0.2) is 18.2 Å². The van der Waals surface area contributed by atoms with E-state index in [0.29, 0.717) is 0 Å². The maximum absolute atomic E-state index is 11.4. The van der Waals surface area contributed by atoms with Crippen molar-refractivity contribution < 1.29 is 14.8 Å². The standard InChI is InChI=1S/C11H15N3O4/c1-2-5-12-7-11(16)13-9-4-3-8(14(17)18)6-10(9)15/h3-4,6,12,15H,2,5,7H2,1H3,(H,13,16). The molecule has 7 heteroatoms. The van der Waals surface area contributed by atoms with Crippen LogP contribution >= 0.6 is 0 Å². The van der Waals surface area contributed by atoms with Gasteiger partial charge in [-0.15, -0.1) is 0 Å². The number of amides is 1. The van der Waals surface area contributed by atoms with Crippen LogP contribution in [0.2, 0.25) is 0 Å². The number of carbonyl (C=O) groups is 1. The van der Waals surface area contributed by atoms with Crippen molar-refractivity contribution in [1.82, 2.24) is 5.32 Å². The van der Waals surface area contributed by atoms with E-state index in [0.717, 1.165) is 19.0 Å². The van der Waals surface area contributed by atoms with E-state index < -0.39 is 4.92 Å². The van der Waals surface area contributed by atoms with E-state index in [-0.39, 0.29) is 29.6 Å². The first kappa shape index (κ1) is 13.9. The highest BCUT2D eigenvalue weighted by Crippen LogP contribution is 2.27. The second-order valence-corrected chi connectivity index (χ2v) is 3.68. The molecule has 0 fully saturated rings. The molecule has 0 aliphatic heterocycles. The molecule has 1 amide bonds. The van der Waals surface area contributed by atoms with Crippen molar-refractivity contribution in [2.75, 3.05) is 18.4 Å². The Hall–Kier alpha value is -2.15. The van der Waals surface area contributed by atoms with Gasteiger partial charge in [-0.1, -0.05) is 6.92 Å². The molecule has 3 N–H and O–H groups in total. The van der Waals surface area contributed by atoms with Crippen molar-refractivity contribution in [3.63, 3.8) is 0 Å². The molecule has 0 bridgehead atoms. The number of phenols is 1. The third-order valence-electron chi connectivity index (χ3n) is 2.18. The average Bonchev–Trinajstić information content (AvgIpc) is 2.32. The number of rotatable bonds is 6. The monoisotopic (exact) mass is 253 g/mol. The molecule has 0 aromatic heterocycles. The molecule has 0 aliphatic rings. The van der Waals surface area contributed by atoms with Gasteiger partial charge in [0.25, 0.3) is 5.69 Å². The lowest BCUT2D eigenvalue weighted by Gasteiger charge is -2.07. The number of nitro groups is 1. The molecule has 1 rings (SSSR count). The molecular formula is C11H15N3O4. The number of carbonyl (C=O) groups excluding carboxylic acids is 1. The van der Waals surface area contributed by atoms with Crippen LogP contribution in [-0.2, 0) is 4.79 Å². The van der Waals surface area contributed by atoms with Crippen LogP contribution in [0.25, 0.3) is 0 Å². The summed E-state index contributed by atoms with van der Waals surface area (Å²) >= 11 is 0. The van der Waals surface area contributed by atoms with Crippen molar-refractivity contribution >= 4 is 17.3 Å². The Balaban J connectivity index is 2.62. The number of phenolic OH excluding ortho intramolecular Hbond substituents is 1. The third-order valence-corrected chi connectivity index (χ3v) is 2.18. The van der Waals surface area contributed by atoms with E-state index in [2.05, 4.69) is 10.6 Å². The second-order valence-electron chi connectivity index (χ2n) is 3.68. The molecule has 0 heterocycles. The lowest BCUT2D eigenvalue weighted by Crippen LogP contribution is -2.28. The zero-order chi connectivity index (χ0) is 13.5. The summed E-state index contributed by atoms with van der Waals surface area (Å²) in [6.07, 6.45) is 0.913. The highest BCUT2D eigenvalue weighted by atomic mass is 16.6. The first-order valence-corrected chi connectivity index (χ1v) is 5.52. The van der Waals surface area contributed by atoms with Crippen molar-refractivity contribution in [3.8, 4) is 5.75 Å². The quantitative estimate of drug-likeness (QED) is 0.306. The number of anilines is 1. The Morgan fingerprint density at radius 1 is 1.50 bits per heavy atom. The SMILES string of the molecule is CCCNCC(=O)Nc1ccc([N+](=O)[O-])cc1O. The van der Waals surface area contributed by atoms with E-state index in [1.165, 1.54) is 12.1 Å². The summed E-state index contributed by atoms with van der Waals surface area (Å²) in [5, 5.41) is 25.3. The van der Waals surface area contributed by atoms with Gasteiger partial charge < -0.3 is 15.7 Å². The summed E-state index contributed by atoms with van der Waals surface area (Å²) in [4.78, 5) is 21.3. The van der Waals surface area contributed by atoms with Gasteiger partial charge in [-0.2, -0.15) is 0 Å². The van der Waals surface area contributed by atoms with E-state index in [1.807, 2.05) is 6.92 Å². The number of nitrogens with one attached hydrogen (secondary N) is 2. The molecule has 0 aliphatic carbocycles. The van der Waals surface area contributed by atoms with Crippen LogP contribution in [0.4, 0.5) is 11.4 Å². The van der Waals surface area contributed by atoms with Crippen molar-refractivity contribution in [1.29, 1.82) is 0 Å². The van der Waals surface area contributed by atoms with Gasteiger partial charge in [0.05, 0.1) is 23.2 Å². The number of non-ortho nitro benzene ring substituents is 1. The third kappa shape index (κ3) is 4.02. The molecule has 0 radical (unpaired) electrons. The lowest BCUT2D eigenvalue weighted by molar-refractivity contribution is -0.384. The van der Waals surface area contributed by atoms with Crippen LogP contribution in [-0.4, -0.2) is 29.0 Å². The summed E-state index contributed by atoms with van der Waals surface area (Å²) in [6.45, 7) is 2.83. The minimum atomic E-state index is -0.617. The van der Waals surface area contributed by atoms with Crippen molar-refractivity contribution in [3.05, 3.63) is 28.3 Å². The first-order chi connectivity index (χ1) is 8.54. The Kier molecular flexibility index (Phi) is 5.06. The largest absolute Gasteiger partial charge is 0.506 e. The number of hydrogen-bond donors (Lipinski definition) is 3. The van der Waals surface area contributed by atoms with Gasteiger partial charge >= 0.3 is 0 Å². The maximum atomic E-state index is 11.4. The minimum absolute atomic E-state index is 0.129. The fourth-order valence-electron chi connectivity index (χ4n) is 1.31. The van der Waals surface area contributed by atoms with Crippen LogP contribution in [0.5, 0.6) is 5.75 Å². The molecule has 1 aromatic carbocycles. The van der Waals surface area contributed by atoms with Crippen LogP contribution in [0.1, 0.15) is 13.3 Å². The molecule has 0 spiro atoms. The smallest absolute Gasteiger partial charge is 0.273 e. The number of nitrogens with zero attached hydrogens (tertiary/aromatic N) is 1. The lowest BCUT2D eigenvalue weighted by atomic mass is 10.2. The normalized spacial score (nSPS) is 10.1. The Labute approximate surface area is 104 Å². The summed E-state index contributed by atoms with van der Waals surface area (Å²) < 4.78 is 0. The zero-order valence-corrected chi connectivity index (χ0v) is 9.97. The fraction of sp³-hybridized carbons (Fsp3) is 0.364. The van der Waals surface area contributed by atoms with Crippen molar-refractivity contribution in [2.45, 2.75) is 13.3 Å². The number of nitro benzene ring substituents is 1. The topological polar surface area (TPSA) is 104 Å². The molecular weight excluding hydrogens is 238 g/mol. The highest BCUT2D eigenvalue weighted by Gasteiger charge is 2.11. The second kappa shape index (κ2) is 6.55. The van der Waals surface area contributed by atoms with Crippen LogP contribution < -0.4 is 10.6 Å². The molecule has 7 nitrogen and oxygen atoms in total. The van der Waals surface area contributed by atoms with Crippen LogP contribution in [0, 0.1) is 10.1 Å². The van der Waals surface area contributed by atoms with Crippen LogP contribution in [0.3, 0.4) is 0 Å². The molecule has 1 aromatic rings. The summed E-state index contributed by atoms with van der Waals surface area (Å²) in [7, 11) is 0. The molecule has 18 heavy (non-hydrogen) atoms. The Morgan fingerprint density at radius 2 is 2.22 bits per heavy atom. The molecule has 0 saturated heterocycles. The summed E-state index contributed by atoms with van der Waals surface area (Å²) in [6, 6.07) is 3.51. The van der Waals surface area contributed by atoms with Gasteiger partial charge in [0.1, 0.15) is 5.75 Å². The van der Waals surface area contributed by atoms with Gasteiger partial charge in [0.2, 0.25) is 5.91 Å². The van der Waals surface area contributed by atoms with Gasteiger partial charge in [-0.25, -0.2) is 0 Å². The summed E-state index contributed by atoms with van der Waals surface area (Å²) in [5.41, 5.74) is -0.0708. The van der Waals surface area contributed by atoms with E-state index in [4.69, 9.17) is 0 Å². The molecule has 98 valence electrons. The highest BCUT2D eigenvalue weighted by molar-refractivity contribution is 5.93. The Bertz CT molecular complexity index is 448. The van der Waals surface area contributed by atoms with Gasteiger partial charge in [-0.3, -0.25) is 14.9 Å². The average molecular weight is 253 g/mol. The number of hydrogen-bond acceptors (Lipinski definition) is 5. The first-order valence-electron chi connectivity index (χ1n) is 5.52. The minimum Gasteiger partial charge on any atom is -0.506 e. The molecule has 0 atom stereocenters. The predicted octanol–water partition coefficient (Wildman–Crippen LogP) is 1.24. The molecule has 0 unspecified atom stereocenters. The van der Waals surface area contributed by atoms with E-state index in [9.17, 15) is 20.0 Å². The van der Waals surface area contributed by atoms with Gasteiger partial charge in [0, 0.05) is 6.07 Å². The van der Waals surface area contributed by atoms with Gasteiger partial charge in [-0.05, 0) is 19.0 Å². The maximum Gasteiger partial charge on any atom is 0.273 e. The molecule has 0 saturated carbocycles. The van der Waals surface area contributed by atoms with E-state index >= 15 is 0 Å². The predicted molar refractivity (Wildman–Crippen MR) is 66.6 cm³/mol. The fourth-order valence-corrected chi connectivity index (χ4v) is 1.31. The summed E-state index contributed by atoms with van der Waals surface area (Å²) in [5.74, 6) is -0.638. The Morgan fingerprint density at radius 3 is 2.78 bits per heavy atom. The zero-order valence-electron chi connectivity index (χ0n) is 9.97.